The number of halogens is 1. The van der Waals surface area contributed by atoms with Crippen molar-refractivity contribution in [1.82, 2.24) is 4.98 Å². The number of azo groups is 1. The number of nitrogens with zero attached hydrogens (tertiary/aromatic N) is 5. The summed E-state index contributed by atoms with van der Waals surface area (Å²) in [6.07, 6.45) is 0. The molecule has 1 heterocycles. The molecule has 3 rings (SSSR count). The summed E-state index contributed by atoms with van der Waals surface area (Å²) in [7, 11) is 0. The molecule has 2 aromatic carbocycles. The molecular weight excluding hydrogens is 377 g/mol. The van der Waals surface area contributed by atoms with Gasteiger partial charge in [0, 0.05) is 17.3 Å². The number of nitrogens with one attached hydrogen (secondary N) is 1. The van der Waals surface area contributed by atoms with Gasteiger partial charge in [-0.15, -0.1) is 10.2 Å². The molecule has 0 fully saturated rings. The Morgan fingerprint density at radius 2 is 1.97 bits per heavy atom. The monoisotopic (exact) mass is 391 g/mol. The van der Waals surface area contributed by atoms with Crippen LogP contribution in [0.3, 0.4) is 0 Å². The molecule has 0 amide bonds. The first-order valence-corrected chi connectivity index (χ1v) is 8.28. The van der Waals surface area contributed by atoms with Gasteiger partial charge in [-0.3, -0.25) is 10.1 Å². The lowest BCUT2D eigenvalue weighted by Gasteiger charge is -2.12. The summed E-state index contributed by atoms with van der Waals surface area (Å²) in [6.45, 7) is 1.62. The number of nitriles is 1. The summed E-state index contributed by atoms with van der Waals surface area (Å²) in [4.78, 5) is 14.2. The Morgan fingerprint density at radius 1 is 1.24 bits per heavy atom. The highest BCUT2D eigenvalue weighted by Crippen LogP contribution is 2.35. The number of hydrogen-bond donors (Lipinski definition) is 2. The summed E-state index contributed by atoms with van der Waals surface area (Å²) in [6, 6.07) is 14.0. The minimum absolute atomic E-state index is 0.0175. The molecule has 0 spiro atoms. The summed E-state index contributed by atoms with van der Waals surface area (Å²) in [5, 5.41) is 31.0. The Morgan fingerprint density at radius 3 is 2.59 bits per heavy atom. The van der Waals surface area contributed by atoms with Gasteiger partial charge in [-0.2, -0.15) is 5.26 Å². The summed E-state index contributed by atoms with van der Waals surface area (Å²) in [5.41, 5.74) is 6.69. The largest absolute Gasteiger partial charge is 0.383 e. The highest BCUT2D eigenvalue weighted by atomic mass is 19.1. The summed E-state index contributed by atoms with van der Waals surface area (Å²) in [5.74, 6) is -0.651. The second-order valence-electron chi connectivity index (χ2n) is 5.89. The highest BCUT2D eigenvalue weighted by Gasteiger charge is 2.17. The van der Waals surface area contributed by atoms with Crippen molar-refractivity contribution in [2.24, 2.45) is 10.2 Å². The zero-order valence-corrected chi connectivity index (χ0v) is 15.1. The maximum atomic E-state index is 14.1. The molecule has 144 valence electrons. The van der Waals surface area contributed by atoms with E-state index >= 15 is 0 Å². The maximum absolute atomic E-state index is 14.1. The third kappa shape index (κ3) is 4.14. The van der Waals surface area contributed by atoms with Crippen molar-refractivity contribution in [3.63, 3.8) is 0 Å². The van der Waals surface area contributed by atoms with E-state index in [1.54, 1.807) is 19.1 Å². The topological polar surface area (TPSA) is 143 Å². The fourth-order valence-electron chi connectivity index (χ4n) is 2.52. The second kappa shape index (κ2) is 8.10. The molecule has 3 aromatic rings. The van der Waals surface area contributed by atoms with E-state index in [4.69, 9.17) is 5.73 Å². The molecule has 0 atom stereocenters. The third-order valence-corrected chi connectivity index (χ3v) is 3.99. The van der Waals surface area contributed by atoms with Crippen LogP contribution in [0.4, 0.5) is 38.8 Å². The Labute approximate surface area is 164 Å². The standard InChI is InChI=1S/C19H14FN7O2/c1-11-14(10-21)18(22)24-19(23-12-5-3-2-4-6-12)17(11)26-25-16-8-7-13(27(28)29)9-15(16)20/h2-9H,1H3,(H3,22,23,24). The van der Waals surface area contributed by atoms with E-state index in [1.165, 1.54) is 0 Å². The zero-order valence-electron chi connectivity index (χ0n) is 15.1. The van der Waals surface area contributed by atoms with Crippen molar-refractivity contribution in [2.75, 3.05) is 11.1 Å². The number of nitro benzene ring substituents is 1. The van der Waals surface area contributed by atoms with Gasteiger partial charge in [0.15, 0.2) is 11.6 Å². The minimum Gasteiger partial charge on any atom is -0.383 e. The number of rotatable bonds is 5. The number of anilines is 3. The molecule has 0 aliphatic heterocycles. The smallest absolute Gasteiger partial charge is 0.272 e. The van der Waals surface area contributed by atoms with Crippen molar-refractivity contribution in [3.05, 3.63) is 75.6 Å². The van der Waals surface area contributed by atoms with Crippen LogP contribution in [0.15, 0.2) is 58.8 Å². The van der Waals surface area contributed by atoms with E-state index in [0.717, 1.165) is 18.2 Å². The fraction of sp³-hybridized carbons (Fsp3) is 0.0526. The van der Waals surface area contributed by atoms with E-state index in [1.807, 2.05) is 24.3 Å². The van der Waals surface area contributed by atoms with Crippen molar-refractivity contribution in [1.29, 1.82) is 5.26 Å². The number of pyridine rings is 1. The van der Waals surface area contributed by atoms with Crippen LogP contribution in [0, 0.1) is 34.2 Å². The Balaban J connectivity index is 2.06. The third-order valence-electron chi connectivity index (χ3n) is 3.99. The van der Waals surface area contributed by atoms with Gasteiger partial charge >= 0.3 is 0 Å². The molecule has 1 aromatic heterocycles. The van der Waals surface area contributed by atoms with Crippen LogP contribution in [0.1, 0.15) is 11.1 Å². The molecule has 0 aliphatic carbocycles. The average molecular weight is 391 g/mol. The number of nitrogen functional groups attached to an aromatic ring is 1. The summed E-state index contributed by atoms with van der Waals surface area (Å²) >= 11 is 0. The zero-order chi connectivity index (χ0) is 21.0. The lowest BCUT2D eigenvalue weighted by Crippen LogP contribution is -2.03. The predicted octanol–water partition coefficient (Wildman–Crippen LogP) is 5.05. The van der Waals surface area contributed by atoms with Crippen molar-refractivity contribution >= 4 is 34.4 Å². The van der Waals surface area contributed by atoms with E-state index in [9.17, 15) is 19.8 Å². The van der Waals surface area contributed by atoms with Crippen LogP contribution in [0.2, 0.25) is 0 Å². The molecule has 0 saturated heterocycles. The lowest BCUT2D eigenvalue weighted by molar-refractivity contribution is -0.385. The number of nitrogens with two attached hydrogens (primary N) is 1. The maximum Gasteiger partial charge on any atom is 0.272 e. The number of non-ortho nitro benzene ring substituents is 1. The first kappa shape index (κ1) is 19.4. The molecule has 10 heteroatoms. The van der Waals surface area contributed by atoms with E-state index in [2.05, 4.69) is 20.5 Å². The van der Waals surface area contributed by atoms with Crippen LogP contribution < -0.4 is 11.1 Å². The number of para-hydroxylation sites is 1. The number of nitro groups is 1. The molecular formula is C19H14FN7O2. The number of benzene rings is 2. The molecule has 29 heavy (non-hydrogen) atoms. The van der Waals surface area contributed by atoms with E-state index in [0.29, 0.717) is 11.3 Å². The molecule has 0 saturated carbocycles. The first-order valence-electron chi connectivity index (χ1n) is 8.28. The van der Waals surface area contributed by atoms with Gasteiger partial charge in [-0.05, 0) is 25.1 Å². The Kier molecular flexibility index (Phi) is 5.41. The van der Waals surface area contributed by atoms with Gasteiger partial charge in [-0.1, -0.05) is 18.2 Å². The molecule has 0 radical (unpaired) electrons. The van der Waals surface area contributed by atoms with Gasteiger partial charge in [0.1, 0.15) is 23.3 Å². The van der Waals surface area contributed by atoms with Gasteiger partial charge in [0.25, 0.3) is 5.69 Å². The quantitative estimate of drug-likeness (QED) is 0.354. The molecule has 0 unspecified atom stereocenters. The molecule has 9 nitrogen and oxygen atoms in total. The number of aromatic nitrogens is 1. The second-order valence-corrected chi connectivity index (χ2v) is 5.89. The van der Waals surface area contributed by atoms with Crippen LogP contribution in [0.5, 0.6) is 0 Å². The first-order chi connectivity index (χ1) is 13.9. The SMILES string of the molecule is Cc1c(C#N)c(N)nc(Nc2ccccc2)c1N=Nc1ccc([N+](=O)[O-])cc1F. The van der Waals surface area contributed by atoms with Gasteiger partial charge < -0.3 is 11.1 Å². The van der Waals surface area contributed by atoms with Gasteiger partial charge in [0.05, 0.1) is 16.6 Å². The predicted molar refractivity (Wildman–Crippen MR) is 105 cm³/mol. The van der Waals surface area contributed by atoms with E-state index < -0.39 is 16.4 Å². The van der Waals surface area contributed by atoms with Crippen molar-refractivity contribution < 1.29 is 9.31 Å². The highest BCUT2D eigenvalue weighted by molar-refractivity contribution is 5.76. The van der Waals surface area contributed by atoms with Crippen molar-refractivity contribution in [2.45, 2.75) is 6.92 Å². The van der Waals surface area contributed by atoms with Crippen LogP contribution in [-0.2, 0) is 0 Å². The fourth-order valence-corrected chi connectivity index (χ4v) is 2.52. The minimum atomic E-state index is -0.901. The Hall–Kier alpha value is -4.39. The Bertz CT molecular complexity index is 1160. The van der Waals surface area contributed by atoms with Crippen LogP contribution in [0.25, 0.3) is 0 Å². The molecule has 3 N–H and O–H groups in total. The van der Waals surface area contributed by atoms with Crippen molar-refractivity contribution in [3.8, 4) is 6.07 Å². The van der Waals surface area contributed by atoms with Gasteiger partial charge in [0.2, 0.25) is 0 Å². The average Bonchev–Trinajstić information content (AvgIpc) is 2.69. The molecule has 0 aliphatic rings. The number of hydrogen-bond acceptors (Lipinski definition) is 8. The lowest BCUT2D eigenvalue weighted by atomic mass is 10.1. The van der Waals surface area contributed by atoms with E-state index in [-0.39, 0.29) is 28.6 Å². The van der Waals surface area contributed by atoms with Crippen LogP contribution in [-0.4, -0.2) is 9.91 Å². The summed E-state index contributed by atoms with van der Waals surface area (Å²) < 4.78 is 14.1. The normalized spacial score (nSPS) is 10.7. The molecule has 0 bridgehead atoms. The van der Waals surface area contributed by atoms with Crippen LogP contribution >= 0.6 is 0 Å². The van der Waals surface area contributed by atoms with Gasteiger partial charge in [-0.25, -0.2) is 9.37 Å².